The lowest BCUT2D eigenvalue weighted by molar-refractivity contribution is 0.410. The van der Waals surface area contributed by atoms with Gasteiger partial charge in [-0.25, -0.2) is 14.1 Å². The molecule has 0 saturated heterocycles. The molecule has 1 unspecified atom stereocenters. The molecule has 0 aliphatic rings. The van der Waals surface area contributed by atoms with Crippen LogP contribution in [0.15, 0.2) is 48.5 Å². The monoisotopic (exact) mass is 376 g/mol. The molecule has 138 valence electrons. The Labute approximate surface area is 158 Å². The fourth-order valence-corrected chi connectivity index (χ4v) is 2.71. The molecule has 26 heavy (non-hydrogen) atoms. The highest BCUT2D eigenvalue weighted by Gasteiger charge is 2.15. The Morgan fingerprint density at radius 1 is 1.15 bits per heavy atom. The van der Waals surface area contributed by atoms with Crippen molar-refractivity contribution in [2.45, 2.75) is 25.9 Å². The van der Waals surface area contributed by atoms with Crippen molar-refractivity contribution in [1.29, 1.82) is 0 Å². The predicted octanol–water partition coefficient (Wildman–Crippen LogP) is 3.51. The molecule has 3 aromatic rings. The number of benzene rings is 2. The SMILES string of the molecule is COc1ccccc1Cc1nc(C(C)N)n(Cc2ccc(F)cc2)n1.Cl. The van der Waals surface area contributed by atoms with Crippen LogP contribution in [0, 0.1) is 5.82 Å². The first-order valence-electron chi connectivity index (χ1n) is 8.12. The minimum Gasteiger partial charge on any atom is -0.496 e. The fourth-order valence-electron chi connectivity index (χ4n) is 2.71. The summed E-state index contributed by atoms with van der Waals surface area (Å²) in [6.45, 7) is 2.37. The predicted molar refractivity (Wildman–Crippen MR) is 101 cm³/mol. The Balaban J connectivity index is 0.00000243. The van der Waals surface area contributed by atoms with Crippen LogP contribution in [-0.2, 0) is 13.0 Å². The molecule has 3 rings (SSSR count). The Bertz CT molecular complexity index is 849. The summed E-state index contributed by atoms with van der Waals surface area (Å²) in [4.78, 5) is 4.59. The summed E-state index contributed by atoms with van der Waals surface area (Å²) < 4.78 is 20.3. The van der Waals surface area contributed by atoms with E-state index < -0.39 is 0 Å². The number of para-hydroxylation sites is 1. The lowest BCUT2D eigenvalue weighted by Crippen LogP contribution is -2.15. The molecule has 0 aliphatic heterocycles. The number of nitrogens with two attached hydrogens (primary N) is 1. The quantitative estimate of drug-likeness (QED) is 0.715. The molecular formula is C19H22ClFN4O. The van der Waals surface area contributed by atoms with E-state index in [0.29, 0.717) is 24.6 Å². The molecule has 0 saturated carbocycles. The second-order valence-corrected chi connectivity index (χ2v) is 5.95. The van der Waals surface area contributed by atoms with Crippen molar-refractivity contribution in [3.8, 4) is 5.75 Å². The summed E-state index contributed by atoms with van der Waals surface area (Å²) in [5, 5.41) is 4.60. The van der Waals surface area contributed by atoms with E-state index in [2.05, 4.69) is 10.1 Å². The maximum Gasteiger partial charge on any atom is 0.155 e. The molecule has 0 aliphatic carbocycles. The summed E-state index contributed by atoms with van der Waals surface area (Å²) in [5.41, 5.74) is 8.00. The van der Waals surface area contributed by atoms with Gasteiger partial charge in [0.25, 0.3) is 0 Å². The van der Waals surface area contributed by atoms with Crippen LogP contribution in [-0.4, -0.2) is 21.9 Å². The van der Waals surface area contributed by atoms with Crippen LogP contribution in [0.4, 0.5) is 4.39 Å². The molecule has 0 amide bonds. The lowest BCUT2D eigenvalue weighted by atomic mass is 10.1. The zero-order valence-electron chi connectivity index (χ0n) is 14.7. The zero-order valence-corrected chi connectivity index (χ0v) is 15.5. The largest absolute Gasteiger partial charge is 0.496 e. The Kier molecular flexibility index (Phi) is 6.71. The Hall–Kier alpha value is -2.44. The van der Waals surface area contributed by atoms with Crippen LogP contribution in [0.25, 0.3) is 0 Å². The van der Waals surface area contributed by atoms with E-state index in [1.165, 1.54) is 12.1 Å². The first-order chi connectivity index (χ1) is 12.1. The van der Waals surface area contributed by atoms with Crippen molar-refractivity contribution in [2.24, 2.45) is 5.73 Å². The van der Waals surface area contributed by atoms with Gasteiger partial charge in [-0.1, -0.05) is 30.3 Å². The smallest absolute Gasteiger partial charge is 0.155 e. The van der Waals surface area contributed by atoms with Crippen LogP contribution >= 0.6 is 12.4 Å². The van der Waals surface area contributed by atoms with E-state index in [1.54, 1.807) is 23.9 Å². The molecule has 0 bridgehead atoms. The van der Waals surface area contributed by atoms with Crippen molar-refractivity contribution in [3.63, 3.8) is 0 Å². The number of nitrogens with zero attached hydrogens (tertiary/aromatic N) is 3. The van der Waals surface area contributed by atoms with Gasteiger partial charge in [0.2, 0.25) is 0 Å². The van der Waals surface area contributed by atoms with Gasteiger partial charge < -0.3 is 10.5 Å². The minimum absolute atomic E-state index is 0. The van der Waals surface area contributed by atoms with Crippen LogP contribution in [0.1, 0.15) is 35.7 Å². The maximum atomic E-state index is 13.1. The molecule has 5 nitrogen and oxygen atoms in total. The highest BCUT2D eigenvalue weighted by atomic mass is 35.5. The van der Waals surface area contributed by atoms with Gasteiger partial charge in [0.05, 0.1) is 19.7 Å². The van der Waals surface area contributed by atoms with E-state index in [4.69, 9.17) is 10.5 Å². The number of methoxy groups -OCH3 is 1. The number of rotatable bonds is 6. The molecule has 0 fully saturated rings. The molecule has 0 radical (unpaired) electrons. The van der Waals surface area contributed by atoms with Crippen molar-refractivity contribution >= 4 is 12.4 Å². The van der Waals surface area contributed by atoms with Crippen molar-refractivity contribution < 1.29 is 9.13 Å². The van der Waals surface area contributed by atoms with E-state index in [-0.39, 0.29) is 24.3 Å². The van der Waals surface area contributed by atoms with Gasteiger partial charge in [0, 0.05) is 12.0 Å². The first-order valence-corrected chi connectivity index (χ1v) is 8.12. The third kappa shape index (κ3) is 4.59. The average molecular weight is 377 g/mol. The van der Waals surface area contributed by atoms with Gasteiger partial charge in [-0.2, -0.15) is 5.10 Å². The lowest BCUT2D eigenvalue weighted by Gasteiger charge is -2.08. The van der Waals surface area contributed by atoms with Crippen LogP contribution in [0.3, 0.4) is 0 Å². The van der Waals surface area contributed by atoms with Gasteiger partial charge in [0.1, 0.15) is 17.4 Å². The number of hydrogen-bond donors (Lipinski definition) is 1. The molecule has 1 aromatic heterocycles. The highest BCUT2D eigenvalue weighted by molar-refractivity contribution is 5.85. The van der Waals surface area contributed by atoms with Crippen LogP contribution in [0.5, 0.6) is 5.75 Å². The van der Waals surface area contributed by atoms with Crippen molar-refractivity contribution in [1.82, 2.24) is 14.8 Å². The fraction of sp³-hybridized carbons (Fsp3) is 0.263. The average Bonchev–Trinajstić information content (AvgIpc) is 3.00. The zero-order chi connectivity index (χ0) is 17.8. The maximum absolute atomic E-state index is 13.1. The van der Waals surface area contributed by atoms with E-state index in [0.717, 1.165) is 16.9 Å². The standard InChI is InChI=1S/C19H21FN4O.ClH/c1-13(21)19-22-18(11-15-5-3-4-6-17(15)25-2)23-24(19)12-14-7-9-16(20)10-8-14;/h3-10,13H,11-12,21H2,1-2H3;1H. The molecule has 1 atom stereocenters. The van der Waals surface area contributed by atoms with Gasteiger partial charge in [-0.05, 0) is 30.7 Å². The number of halogens is 2. The Morgan fingerprint density at radius 3 is 2.50 bits per heavy atom. The first kappa shape index (κ1) is 19.9. The van der Waals surface area contributed by atoms with E-state index >= 15 is 0 Å². The topological polar surface area (TPSA) is 66.0 Å². The molecule has 2 aromatic carbocycles. The minimum atomic E-state index is -0.258. The van der Waals surface area contributed by atoms with E-state index in [1.807, 2.05) is 31.2 Å². The number of ether oxygens (including phenoxy) is 1. The van der Waals surface area contributed by atoms with Crippen LogP contribution < -0.4 is 10.5 Å². The normalized spacial score (nSPS) is 11.7. The van der Waals surface area contributed by atoms with Crippen molar-refractivity contribution in [3.05, 3.63) is 77.1 Å². The summed E-state index contributed by atoms with van der Waals surface area (Å²) in [6, 6.07) is 13.9. The van der Waals surface area contributed by atoms with Gasteiger partial charge >= 0.3 is 0 Å². The van der Waals surface area contributed by atoms with Crippen molar-refractivity contribution in [2.75, 3.05) is 7.11 Å². The molecule has 1 heterocycles. The highest BCUT2D eigenvalue weighted by Crippen LogP contribution is 2.21. The molecule has 2 N–H and O–H groups in total. The number of hydrogen-bond acceptors (Lipinski definition) is 4. The second-order valence-electron chi connectivity index (χ2n) is 5.95. The van der Waals surface area contributed by atoms with Gasteiger partial charge in [-0.3, -0.25) is 0 Å². The second kappa shape index (κ2) is 8.78. The van der Waals surface area contributed by atoms with Gasteiger partial charge in [0.15, 0.2) is 5.82 Å². The van der Waals surface area contributed by atoms with E-state index in [9.17, 15) is 4.39 Å². The molecular weight excluding hydrogens is 355 g/mol. The summed E-state index contributed by atoms with van der Waals surface area (Å²) >= 11 is 0. The van der Waals surface area contributed by atoms with Crippen LogP contribution in [0.2, 0.25) is 0 Å². The third-order valence-corrected chi connectivity index (χ3v) is 3.94. The van der Waals surface area contributed by atoms with Gasteiger partial charge in [-0.15, -0.1) is 12.4 Å². The molecule has 7 heteroatoms. The third-order valence-electron chi connectivity index (χ3n) is 3.94. The summed E-state index contributed by atoms with van der Waals surface area (Å²) in [7, 11) is 1.65. The summed E-state index contributed by atoms with van der Waals surface area (Å²) in [6.07, 6.45) is 0.556. The summed E-state index contributed by atoms with van der Waals surface area (Å²) in [5.74, 6) is 1.93. The Morgan fingerprint density at radius 2 is 1.85 bits per heavy atom. The number of aromatic nitrogens is 3. The molecule has 0 spiro atoms.